The number of allylic oxidation sites excluding steroid dienone is 1. The molecule has 0 amide bonds. The van der Waals surface area contributed by atoms with Crippen LogP contribution in [0.5, 0.6) is 0 Å². The topological polar surface area (TPSA) is 39.9 Å². The Morgan fingerprint density at radius 2 is 2.43 bits per heavy atom. The Morgan fingerprint density at radius 1 is 1.64 bits per heavy atom. The van der Waals surface area contributed by atoms with Crippen molar-refractivity contribution < 1.29 is 4.74 Å². The third-order valence-corrected chi connectivity index (χ3v) is 2.48. The van der Waals surface area contributed by atoms with Gasteiger partial charge in [0, 0.05) is 12.3 Å². The average molecular weight is 193 g/mol. The number of ether oxygens (including phenoxy) is 1. The standard InChI is InChI=1S/C10H15N3O/c1-7(2)13-10(8(3)11-12-13)9-5-4-6-14-9/h9H,1,4-6H2,2-3H3. The molecule has 4 nitrogen and oxygen atoms in total. The molecule has 0 N–H and O–H groups in total. The summed E-state index contributed by atoms with van der Waals surface area (Å²) in [6, 6.07) is 0. The highest BCUT2D eigenvalue weighted by Gasteiger charge is 2.24. The quantitative estimate of drug-likeness (QED) is 0.720. The van der Waals surface area contributed by atoms with E-state index in [4.69, 9.17) is 4.74 Å². The smallest absolute Gasteiger partial charge is 0.102 e. The van der Waals surface area contributed by atoms with Gasteiger partial charge in [0.25, 0.3) is 0 Å². The fourth-order valence-corrected chi connectivity index (χ4v) is 1.81. The molecule has 0 radical (unpaired) electrons. The van der Waals surface area contributed by atoms with E-state index in [0.29, 0.717) is 0 Å². The first-order valence-corrected chi connectivity index (χ1v) is 4.90. The van der Waals surface area contributed by atoms with Gasteiger partial charge in [-0.05, 0) is 26.7 Å². The van der Waals surface area contributed by atoms with Gasteiger partial charge in [0.2, 0.25) is 0 Å². The van der Waals surface area contributed by atoms with E-state index in [0.717, 1.165) is 36.5 Å². The lowest BCUT2D eigenvalue weighted by Crippen LogP contribution is -2.07. The average Bonchev–Trinajstić information content (AvgIpc) is 2.71. The lowest BCUT2D eigenvalue weighted by Gasteiger charge is -2.12. The summed E-state index contributed by atoms with van der Waals surface area (Å²) in [7, 11) is 0. The lowest BCUT2D eigenvalue weighted by molar-refractivity contribution is 0.106. The Labute approximate surface area is 83.6 Å². The van der Waals surface area contributed by atoms with Crippen molar-refractivity contribution in [1.29, 1.82) is 0 Å². The predicted octanol–water partition coefficient (Wildman–Crippen LogP) is 1.93. The zero-order valence-electron chi connectivity index (χ0n) is 8.66. The van der Waals surface area contributed by atoms with Gasteiger partial charge >= 0.3 is 0 Å². The number of rotatable bonds is 2. The lowest BCUT2D eigenvalue weighted by atomic mass is 10.1. The first-order chi connectivity index (χ1) is 6.70. The van der Waals surface area contributed by atoms with Crippen molar-refractivity contribution in [3.63, 3.8) is 0 Å². The van der Waals surface area contributed by atoms with Crippen molar-refractivity contribution in [2.24, 2.45) is 0 Å². The maximum Gasteiger partial charge on any atom is 0.102 e. The molecule has 0 aliphatic carbocycles. The summed E-state index contributed by atoms with van der Waals surface area (Å²) in [5.74, 6) is 0. The van der Waals surface area contributed by atoms with Crippen LogP contribution in [0.15, 0.2) is 6.58 Å². The van der Waals surface area contributed by atoms with E-state index in [1.165, 1.54) is 0 Å². The molecule has 1 aromatic heterocycles. The van der Waals surface area contributed by atoms with Crippen molar-refractivity contribution in [2.45, 2.75) is 32.8 Å². The third kappa shape index (κ3) is 1.46. The van der Waals surface area contributed by atoms with E-state index in [1.54, 1.807) is 4.68 Å². The van der Waals surface area contributed by atoms with Crippen LogP contribution in [0.3, 0.4) is 0 Å². The van der Waals surface area contributed by atoms with Crippen LogP contribution in [0.4, 0.5) is 0 Å². The number of hydrogen-bond donors (Lipinski definition) is 0. The van der Waals surface area contributed by atoms with Gasteiger partial charge in [0.05, 0.1) is 11.4 Å². The molecule has 1 unspecified atom stereocenters. The van der Waals surface area contributed by atoms with Crippen LogP contribution in [0.1, 0.15) is 37.3 Å². The number of aromatic nitrogens is 3. The van der Waals surface area contributed by atoms with Crippen LogP contribution in [-0.4, -0.2) is 21.6 Å². The van der Waals surface area contributed by atoms with Gasteiger partial charge in [0.15, 0.2) is 0 Å². The molecule has 1 fully saturated rings. The summed E-state index contributed by atoms with van der Waals surface area (Å²) < 4.78 is 7.41. The summed E-state index contributed by atoms with van der Waals surface area (Å²) >= 11 is 0. The molecule has 1 aliphatic rings. The number of nitrogens with zero attached hydrogens (tertiary/aromatic N) is 3. The molecule has 2 heterocycles. The molecule has 14 heavy (non-hydrogen) atoms. The minimum atomic E-state index is 0.154. The summed E-state index contributed by atoms with van der Waals surface area (Å²) in [6.45, 7) is 8.60. The zero-order valence-corrected chi connectivity index (χ0v) is 8.66. The minimum Gasteiger partial charge on any atom is -0.372 e. The van der Waals surface area contributed by atoms with Crippen molar-refractivity contribution >= 4 is 5.70 Å². The molecule has 76 valence electrons. The predicted molar refractivity (Wildman–Crippen MR) is 53.7 cm³/mol. The van der Waals surface area contributed by atoms with Crippen molar-refractivity contribution in [3.8, 4) is 0 Å². The van der Waals surface area contributed by atoms with Crippen LogP contribution in [0.2, 0.25) is 0 Å². The molecule has 0 spiro atoms. The Morgan fingerprint density at radius 3 is 3.00 bits per heavy atom. The highest BCUT2D eigenvalue weighted by molar-refractivity contribution is 5.39. The van der Waals surface area contributed by atoms with Crippen LogP contribution in [0.25, 0.3) is 5.70 Å². The zero-order chi connectivity index (χ0) is 10.1. The molecule has 4 heteroatoms. The molecule has 0 saturated carbocycles. The van der Waals surface area contributed by atoms with Crippen LogP contribution >= 0.6 is 0 Å². The van der Waals surface area contributed by atoms with E-state index in [1.807, 2.05) is 13.8 Å². The Hall–Kier alpha value is -1.16. The van der Waals surface area contributed by atoms with E-state index in [-0.39, 0.29) is 6.10 Å². The summed E-state index contributed by atoms with van der Waals surface area (Å²) in [5, 5.41) is 8.10. The molecule has 1 atom stereocenters. The molecule has 0 bridgehead atoms. The summed E-state index contributed by atoms with van der Waals surface area (Å²) in [5.41, 5.74) is 2.89. The monoisotopic (exact) mass is 193 g/mol. The highest BCUT2D eigenvalue weighted by atomic mass is 16.5. The largest absolute Gasteiger partial charge is 0.372 e. The fraction of sp³-hybridized carbons (Fsp3) is 0.600. The van der Waals surface area contributed by atoms with E-state index >= 15 is 0 Å². The first-order valence-electron chi connectivity index (χ1n) is 4.90. The molecule has 2 rings (SSSR count). The summed E-state index contributed by atoms with van der Waals surface area (Å²) in [6.07, 6.45) is 2.33. The molecule has 1 aromatic rings. The second-order valence-electron chi connectivity index (χ2n) is 3.71. The second kappa shape index (κ2) is 3.53. The molecule has 0 aromatic carbocycles. The normalized spacial score (nSPS) is 21.4. The van der Waals surface area contributed by atoms with Gasteiger partial charge in [-0.2, -0.15) is 0 Å². The Balaban J connectivity index is 2.38. The molecular weight excluding hydrogens is 178 g/mol. The molecule has 1 saturated heterocycles. The number of aryl methyl sites for hydroxylation is 1. The van der Waals surface area contributed by atoms with E-state index in [2.05, 4.69) is 16.9 Å². The highest BCUT2D eigenvalue weighted by Crippen LogP contribution is 2.30. The SMILES string of the molecule is C=C(C)n1nnc(C)c1C1CCCO1. The molecule has 1 aliphatic heterocycles. The van der Waals surface area contributed by atoms with Crippen LogP contribution in [0, 0.1) is 6.92 Å². The maximum atomic E-state index is 5.63. The number of hydrogen-bond acceptors (Lipinski definition) is 3. The van der Waals surface area contributed by atoms with E-state index < -0.39 is 0 Å². The fourth-order valence-electron chi connectivity index (χ4n) is 1.81. The van der Waals surface area contributed by atoms with Gasteiger partial charge in [-0.15, -0.1) is 5.10 Å². The van der Waals surface area contributed by atoms with Crippen molar-refractivity contribution in [1.82, 2.24) is 15.0 Å². The van der Waals surface area contributed by atoms with Crippen LogP contribution < -0.4 is 0 Å². The second-order valence-corrected chi connectivity index (χ2v) is 3.71. The maximum absolute atomic E-state index is 5.63. The van der Waals surface area contributed by atoms with Crippen molar-refractivity contribution in [3.05, 3.63) is 18.0 Å². The third-order valence-electron chi connectivity index (χ3n) is 2.48. The first kappa shape index (κ1) is 9.40. The van der Waals surface area contributed by atoms with E-state index in [9.17, 15) is 0 Å². The van der Waals surface area contributed by atoms with Gasteiger partial charge in [-0.25, -0.2) is 4.68 Å². The Kier molecular flexibility index (Phi) is 2.37. The van der Waals surface area contributed by atoms with Gasteiger partial charge in [-0.3, -0.25) is 0 Å². The van der Waals surface area contributed by atoms with Gasteiger partial charge < -0.3 is 4.74 Å². The van der Waals surface area contributed by atoms with Gasteiger partial charge in [-0.1, -0.05) is 11.8 Å². The molecular formula is C10H15N3O. The Bertz CT molecular complexity index is 350. The summed E-state index contributed by atoms with van der Waals surface area (Å²) in [4.78, 5) is 0. The minimum absolute atomic E-state index is 0.154. The van der Waals surface area contributed by atoms with Crippen molar-refractivity contribution in [2.75, 3.05) is 6.61 Å². The van der Waals surface area contributed by atoms with Gasteiger partial charge in [0.1, 0.15) is 6.10 Å². The van der Waals surface area contributed by atoms with Crippen LogP contribution in [-0.2, 0) is 4.74 Å².